The van der Waals surface area contributed by atoms with Crippen molar-refractivity contribution in [2.24, 2.45) is 0 Å². The van der Waals surface area contributed by atoms with Gasteiger partial charge >= 0.3 is 6.03 Å². The number of hydrogen-bond donors (Lipinski definition) is 2. The predicted molar refractivity (Wildman–Crippen MR) is 90.7 cm³/mol. The summed E-state index contributed by atoms with van der Waals surface area (Å²) in [6, 6.07) is 14.8. The molecule has 2 aromatic carbocycles. The number of nitrogens with one attached hydrogen (secondary N) is 2. The van der Waals surface area contributed by atoms with Crippen LogP contribution in [0.15, 0.2) is 48.5 Å². The van der Waals surface area contributed by atoms with Crippen LogP contribution in [-0.2, 0) is 0 Å². The number of benzene rings is 2. The van der Waals surface area contributed by atoms with Crippen molar-refractivity contribution in [3.63, 3.8) is 0 Å². The van der Waals surface area contributed by atoms with Gasteiger partial charge in [-0.15, -0.1) is 0 Å². The van der Waals surface area contributed by atoms with E-state index in [-0.39, 0.29) is 6.03 Å². The molecule has 0 bridgehead atoms. The highest BCUT2D eigenvalue weighted by molar-refractivity contribution is 5.99. The fraction of sp³-hybridized carbons (Fsp3) is 0.278. The Labute approximate surface area is 131 Å². The van der Waals surface area contributed by atoms with Gasteiger partial charge in [0.1, 0.15) is 5.75 Å². The van der Waals surface area contributed by atoms with Gasteiger partial charge in [-0.1, -0.05) is 31.0 Å². The SMILES string of the molecule is CCCCOc1ccc(NC(=O)Nc2ccc(C)cc2)cc1. The monoisotopic (exact) mass is 298 g/mol. The molecule has 0 aromatic heterocycles. The van der Waals surface area contributed by atoms with Gasteiger partial charge in [-0.05, 0) is 49.7 Å². The van der Waals surface area contributed by atoms with Crippen molar-refractivity contribution in [3.05, 3.63) is 54.1 Å². The number of amides is 2. The maximum absolute atomic E-state index is 11.9. The van der Waals surface area contributed by atoms with Crippen LogP contribution in [0.5, 0.6) is 5.75 Å². The zero-order valence-electron chi connectivity index (χ0n) is 13.1. The molecule has 2 N–H and O–H groups in total. The lowest BCUT2D eigenvalue weighted by Crippen LogP contribution is -2.19. The van der Waals surface area contributed by atoms with E-state index in [1.165, 1.54) is 0 Å². The smallest absolute Gasteiger partial charge is 0.323 e. The Morgan fingerprint density at radius 1 is 0.955 bits per heavy atom. The number of carbonyl (C=O) groups excluding carboxylic acids is 1. The van der Waals surface area contributed by atoms with Crippen LogP contribution in [0.2, 0.25) is 0 Å². The van der Waals surface area contributed by atoms with Crippen molar-refractivity contribution < 1.29 is 9.53 Å². The highest BCUT2D eigenvalue weighted by Crippen LogP contribution is 2.16. The van der Waals surface area contributed by atoms with E-state index in [1.807, 2.05) is 55.5 Å². The van der Waals surface area contributed by atoms with Gasteiger partial charge in [0.25, 0.3) is 0 Å². The Morgan fingerprint density at radius 2 is 1.50 bits per heavy atom. The lowest BCUT2D eigenvalue weighted by molar-refractivity contribution is 0.262. The number of rotatable bonds is 6. The van der Waals surface area contributed by atoms with Crippen LogP contribution in [0, 0.1) is 6.92 Å². The van der Waals surface area contributed by atoms with Crippen LogP contribution in [0.1, 0.15) is 25.3 Å². The summed E-state index contributed by atoms with van der Waals surface area (Å²) in [6.07, 6.45) is 2.15. The lowest BCUT2D eigenvalue weighted by atomic mass is 10.2. The Bertz CT molecular complexity index is 591. The maximum atomic E-state index is 11.9. The molecular formula is C18H22N2O2. The van der Waals surface area contributed by atoms with Crippen molar-refractivity contribution in [2.45, 2.75) is 26.7 Å². The molecule has 0 aliphatic heterocycles. The summed E-state index contributed by atoms with van der Waals surface area (Å²) in [6.45, 7) is 4.86. The minimum Gasteiger partial charge on any atom is -0.494 e. The highest BCUT2D eigenvalue weighted by Gasteiger charge is 2.03. The normalized spacial score (nSPS) is 10.1. The third-order valence-electron chi connectivity index (χ3n) is 3.19. The Hall–Kier alpha value is -2.49. The zero-order chi connectivity index (χ0) is 15.8. The molecule has 0 atom stereocenters. The topological polar surface area (TPSA) is 50.4 Å². The first-order valence-corrected chi connectivity index (χ1v) is 7.55. The number of unbranched alkanes of at least 4 members (excludes halogenated alkanes) is 1. The minimum absolute atomic E-state index is 0.261. The van der Waals surface area contributed by atoms with Crippen molar-refractivity contribution in [1.29, 1.82) is 0 Å². The molecule has 0 heterocycles. The van der Waals surface area contributed by atoms with Crippen LogP contribution in [0.25, 0.3) is 0 Å². The van der Waals surface area contributed by atoms with Crippen molar-refractivity contribution in [2.75, 3.05) is 17.2 Å². The summed E-state index contributed by atoms with van der Waals surface area (Å²) in [7, 11) is 0. The molecule has 0 radical (unpaired) electrons. The van der Waals surface area contributed by atoms with Gasteiger partial charge in [0.05, 0.1) is 6.61 Å². The Kier molecular flexibility index (Phi) is 5.83. The van der Waals surface area contributed by atoms with E-state index in [9.17, 15) is 4.79 Å². The third-order valence-corrected chi connectivity index (χ3v) is 3.19. The molecule has 2 rings (SSSR count). The second kappa shape index (κ2) is 8.08. The standard InChI is InChI=1S/C18H22N2O2/c1-3-4-13-22-17-11-9-16(10-12-17)20-18(21)19-15-7-5-14(2)6-8-15/h5-12H,3-4,13H2,1-2H3,(H2,19,20,21). The number of ether oxygens (including phenoxy) is 1. The van der Waals surface area contributed by atoms with E-state index in [4.69, 9.17) is 4.74 Å². The van der Waals surface area contributed by atoms with E-state index in [1.54, 1.807) is 0 Å². The van der Waals surface area contributed by atoms with E-state index in [2.05, 4.69) is 17.6 Å². The molecule has 4 heteroatoms. The molecule has 0 aliphatic carbocycles. The molecule has 0 unspecified atom stereocenters. The molecule has 0 saturated heterocycles. The van der Waals surface area contributed by atoms with Gasteiger partial charge in [0, 0.05) is 11.4 Å². The van der Waals surface area contributed by atoms with Crippen LogP contribution in [0.3, 0.4) is 0 Å². The number of aryl methyl sites for hydroxylation is 1. The predicted octanol–water partition coefficient (Wildman–Crippen LogP) is 4.82. The molecule has 22 heavy (non-hydrogen) atoms. The summed E-state index contributed by atoms with van der Waals surface area (Å²) in [5.41, 5.74) is 2.65. The number of urea groups is 1. The third kappa shape index (κ3) is 5.13. The van der Waals surface area contributed by atoms with E-state index in [0.29, 0.717) is 0 Å². The number of carbonyl (C=O) groups is 1. The van der Waals surface area contributed by atoms with Crippen LogP contribution >= 0.6 is 0 Å². The van der Waals surface area contributed by atoms with E-state index in [0.717, 1.165) is 42.1 Å². The summed E-state index contributed by atoms with van der Waals surface area (Å²) in [5, 5.41) is 5.59. The summed E-state index contributed by atoms with van der Waals surface area (Å²) in [5.74, 6) is 0.818. The minimum atomic E-state index is -0.261. The Balaban J connectivity index is 1.84. The van der Waals surface area contributed by atoms with Gasteiger partial charge in [0.2, 0.25) is 0 Å². The number of anilines is 2. The largest absolute Gasteiger partial charge is 0.494 e. The van der Waals surface area contributed by atoms with Crippen LogP contribution in [0.4, 0.5) is 16.2 Å². The molecule has 0 aliphatic rings. The van der Waals surface area contributed by atoms with Gasteiger partial charge in [-0.25, -0.2) is 4.79 Å². The molecule has 4 nitrogen and oxygen atoms in total. The fourth-order valence-electron chi connectivity index (χ4n) is 1.90. The van der Waals surface area contributed by atoms with Crippen molar-refractivity contribution in [3.8, 4) is 5.75 Å². The molecule has 2 amide bonds. The first-order valence-electron chi connectivity index (χ1n) is 7.55. The van der Waals surface area contributed by atoms with Gasteiger partial charge < -0.3 is 15.4 Å². The van der Waals surface area contributed by atoms with Crippen LogP contribution < -0.4 is 15.4 Å². The molecule has 116 valence electrons. The first kappa shape index (κ1) is 15.9. The highest BCUT2D eigenvalue weighted by atomic mass is 16.5. The molecule has 0 saturated carbocycles. The fourth-order valence-corrected chi connectivity index (χ4v) is 1.90. The maximum Gasteiger partial charge on any atom is 0.323 e. The average Bonchev–Trinajstić information content (AvgIpc) is 2.51. The molecular weight excluding hydrogens is 276 g/mol. The first-order chi connectivity index (χ1) is 10.7. The summed E-state index contributed by atoms with van der Waals surface area (Å²) < 4.78 is 5.58. The van der Waals surface area contributed by atoms with Crippen molar-refractivity contribution >= 4 is 17.4 Å². The quantitative estimate of drug-likeness (QED) is 0.751. The van der Waals surface area contributed by atoms with E-state index < -0.39 is 0 Å². The van der Waals surface area contributed by atoms with Crippen molar-refractivity contribution in [1.82, 2.24) is 0 Å². The van der Waals surface area contributed by atoms with Gasteiger partial charge in [0.15, 0.2) is 0 Å². The lowest BCUT2D eigenvalue weighted by Gasteiger charge is -2.09. The van der Waals surface area contributed by atoms with Gasteiger partial charge in [-0.3, -0.25) is 0 Å². The van der Waals surface area contributed by atoms with Gasteiger partial charge in [-0.2, -0.15) is 0 Å². The zero-order valence-corrected chi connectivity index (χ0v) is 13.1. The number of hydrogen-bond acceptors (Lipinski definition) is 2. The molecule has 0 spiro atoms. The Morgan fingerprint density at radius 3 is 2.05 bits per heavy atom. The summed E-state index contributed by atoms with van der Waals surface area (Å²) in [4.78, 5) is 11.9. The molecule has 2 aromatic rings. The van der Waals surface area contributed by atoms with E-state index >= 15 is 0 Å². The second-order valence-corrected chi connectivity index (χ2v) is 5.17. The average molecular weight is 298 g/mol. The summed E-state index contributed by atoms with van der Waals surface area (Å²) >= 11 is 0. The van der Waals surface area contributed by atoms with Crippen LogP contribution in [-0.4, -0.2) is 12.6 Å². The molecule has 0 fully saturated rings. The second-order valence-electron chi connectivity index (χ2n) is 5.17.